The van der Waals surface area contributed by atoms with Crippen LogP contribution in [-0.2, 0) is 24.4 Å². The predicted molar refractivity (Wildman–Crippen MR) is 150 cm³/mol. The number of anilines is 1. The highest BCUT2D eigenvalue weighted by molar-refractivity contribution is 5.92. The summed E-state index contributed by atoms with van der Waals surface area (Å²) in [6, 6.07) is 7.90. The Morgan fingerprint density at radius 2 is 2.00 bits per heavy atom. The Kier molecular flexibility index (Phi) is 9.10. The maximum absolute atomic E-state index is 12.7. The average Bonchev–Trinajstić information content (AvgIpc) is 3.39. The molecule has 218 valence electrons. The third-order valence-electron chi connectivity index (χ3n) is 7.67. The molecule has 2 aromatic heterocycles. The van der Waals surface area contributed by atoms with Crippen LogP contribution in [0.5, 0.6) is 5.75 Å². The van der Waals surface area contributed by atoms with Crippen molar-refractivity contribution in [3.63, 3.8) is 0 Å². The van der Waals surface area contributed by atoms with Crippen LogP contribution in [0.25, 0.3) is 0 Å². The van der Waals surface area contributed by atoms with E-state index < -0.39 is 6.10 Å². The van der Waals surface area contributed by atoms with Gasteiger partial charge in [-0.05, 0) is 49.4 Å². The number of ether oxygens (including phenoxy) is 1. The molecule has 0 bridgehead atoms. The lowest BCUT2D eigenvalue weighted by atomic mass is 9.99. The third kappa shape index (κ3) is 7.59. The van der Waals surface area contributed by atoms with E-state index in [4.69, 9.17) is 9.26 Å². The zero-order chi connectivity index (χ0) is 28.8. The highest BCUT2D eigenvalue weighted by Gasteiger charge is 2.22. The van der Waals surface area contributed by atoms with Gasteiger partial charge in [-0.3, -0.25) is 14.5 Å². The number of likely N-dealkylation sites (tertiary alicyclic amines) is 1. The zero-order valence-electron chi connectivity index (χ0n) is 23.5. The number of nitrogens with zero attached hydrogens (tertiary/aromatic N) is 5. The minimum absolute atomic E-state index is 0.0897. The van der Waals surface area contributed by atoms with Gasteiger partial charge in [0, 0.05) is 58.3 Å². The number of aromatic nitrogens is 3. The Morgan fingerprint density at radius 3 is 2.76 bits per heavy atom. The fourth-order valence-corrected chi connectivity index (χ4v) is 5.22. The Morgan fingerprint density at radius 1 is 1.17 bits per heavy atom. The highest BCUT2D eigenvalue weighted by Crippen LogP contribution is 2.25. The topological polar surface area (TPSA) is 146 Å². The average molecular weight is 564 g/mol. The number of aliphatic hydroxyl groups is 1. The number of aryl methyl sites for hydroxylation is 1. The number of piperidine rings is 1. The van der Waals surface area contributed by atoms with E-state index in [0.717, 1.165) is 49.4 Å². The first-order valence-electron chi connectivity index (χ1n) is 14.0. The summed E-state index contributed by atoms with van der Waals surface area (Å²) in [6.45, 7) is 7.37. The summed E-state index contributed by atoms with van der Waals surface area (Å²) in [7, 11) is 0. The quantitative estimate of drug-likeness (QED) is 0.334. The molecule has 2 amide bonds. The molecule has 5 rings (SSSR count). The smallest absolute Gasteiger partial charge is 0.270 e. The van der Waals surface area contributed by atoms with Gasteiger partial charge in [-0.1, -0.05) is 11.2 Å². The second kappa shape index (κ2) is 13.1. The second-order valence-electron chi connectivity index (χ2n) is 10.7. The number of amides is 2. The molecule has 1 atom stereocenters. The first-order valence-corrected chi connectivity index (χ1v) is 14.0. The van der Waals surface area contributed by atoms with E-state index in [-0.39, 0.29) is 30.1 Å². The minimum Gasteiger partial charge on any atom is -0.489 e. The Labute approximate surface area is 239 Å². The van der Waals surface area contributed by atoms with Crippen molar-refractivity contribution in [3.8, 4) is 5.75 Å². The number of fused-ring (bicyclic) bond motifs is 1. The summed E-state index contributed by atoms with van der Waals surface area (Å²) in [5, 5.41) is 20.6. The number of benzene rings is 1. The van der Waals surface area contributed by atoms with Gasteiger partial charge in [-0.25, -0.2) is 9.97 Å². The summed E-state index contributed by atoms with van der Waals surface area (Å²) < 4.78 is 10.9. The van der Waals surface area contributed by atoms with Gasteiger partial charge in [0.2, 0.25) is 5.91 Å². The molecule has 1 saturated heterocycles. The first-order chi connectivity index (χ1) is 19.8. The van der Waals surface area contributed by atoms with Gasteiger partial charge in [-0.15, -0.1) is 0 Å². The van der Waals surface area contributed by atoms with Crippen LogP contribution in [0.1, 0.15) is 52.6 Å². The lowest BCUT2D eigenvalue weighted by Crippen LogP contribution is -2.42. The monoisotopic (exact) mass is 563 g/mol. The van der Waals surface area contributed by atoms with Crippen LogP contribution < -0.4 is 15.4 Å². The molecule has 4 heterocycles. The SMILES string of the molecule is CC(=O)N1CCC(Nc2cc(C(=O)NC[C@H](O)CN3CCc4cc(OCc5conc5C)ccc4C3)ncn2)CC1. The minimum atomic E-state index is -0.721. The number of hydrogen-bond donors (Lipinski definition) is 3. The summed E-state index contributed by atoms with van der Waals surface area (Å²) in [4.78, 5) is 36.6. The van der Waals surface area contributed by atoms with Crippen LogP contribution >= 0.6 is 0 Å². The number of aliphatic hydroxyl groups excluding tert-OH is 1. The van der Waals surface area contributed by atoms with Gasteiger partial charge in [0.1, 0.15) is 36.5 Å². The molecule has 0 spiro atoms. The van der Waals surface area contributed by atoms with E-state index in [9.17, 15) is 14.7 Å². The van der Waals surface area contributed by atoms with Gasteiger partial charge in [-0.2, -0.15) is 0 Å². The number of carbonyl (C=O) groups excluding carboxylic acids is 2. The molecule has 3 N–H and O–H groups in total. The standard InChI is InChI=1S/C29H37N7O5/c1-19-23(17-41-34-19)16-40-26-4-3-22-14-35(8-5-21(22)11-26)15-25(38)13-30-29(39)27-12-28(32-18-31-27)33-24-6-9-36(10-7-24)20(2)37/h3-4,11-12,17-18,24-25,38H,5-10,13-16H2,1-2H3,(H,30,39)(H,31,32,33)/t25-/m0/s1. The predicted octanol–water partition coefficient (Wildman–Crippen LogP) is 1.92. The second-order valence-corrected chi connectivity index (χ2v) is 10.7. The Bertz CT molecular complexity index is 1350. The summed E-state index contributed by atoms with van der Waals surface area (Å²) in [6.07, 6.45) is 4.72. The van der Waals surface area contributed by atoms with Crippen molar-refractivity contribution >= 4 is 17.6 Å². The molecule has 12 heteroatoms. The van der Waals surface area contributed by atoms with Crippen LogP contribution in [0.3, 0.4) is 0 Å². The van der Waals surface area contributed by atoms with Gasteiger partial charge in [0.05, 0.1) is 17.4 Å². The van der Waals surface area contributed by atoms with E-state index in [0.29, 0.717) is 32.1 Å². The number of β-amino-alcohol motifs (C(OH)–C–C–N with tert-alkyl or cyclic N) is 1. The Hall–Kier alpha value is -4.03. The third-order valence-corrected chi connectivity index (χ3v) is 7.67. The van der Waals surface area contributed by atoms with Crippen LogP contribution in [0.15, 0.2) is 41.4 Å². The molecule has 12 nitrogen and oxygen atoms in total. The van der Waals surface area contributed by atoms with E-state index in [1.54, 1.807) is 19.3 Å². The molecular formula is C29H37N7O5. The molecule has 0 saturated carbocycles. The van der Waals surface area contributed by atoms with Crippen LogP contribution in [0.4, 0.5) is 5.82 Å². The number of carbonyl (C=O) groups is 2. The van der Waals surface area contributed by atoms with Crippen molar-refractivity contribution in [2.75, 3.05) is 38.0 Å². The molecule has 0 aliphatic carbocycles. The summed E-state index contributed by atoms with van der Waals surface area (Å²) in [5.74, 6) is 1.11. The molecule has 2 aliphatic heterocycles. The van der Waals surface area contributed by atoms with Crippen molar-refractivity contribution in [2.24, 2.45) is 0 Å². The normalized spacial score (nSPS) is 16.6. The molecule has 2 aliphatic rings. The molecular weight excluding hydrogens is 526 g/mol. The lowest BCUT2D eigenvalue weighted by molar-refractivity contribution is -0.129. The van der Waals surface area contributed by atoms with E-state index in [1.165, 1.54) is 17.5 Å². The van der Waals surface area contributed by atoms with Crippen molar-refractivity contribution in [1.82, 2.24) is 30.2 Å². The lowest BCUT2D eigenvalue weighted by Gasteiger charge is -2.31. The van der Waals surface area contributed by atoms with Crippen molar-refractivity contribution in [2.45, 2.75) is 58.4 Å². The van der Waals surface area contributed by atoms with Crippen LogP contribution in [0.2, 0.25) is 0 Å². The zero-order valence-corrected chi connectivity index (χ0v) is 23.5. The molecule has 1 aromatic carbocycles. The van der Waals surface area contributed by atoms with Gasteiger partial charge in [0.15, 0.2) is 0 Å². The van der Waals surface area contributed by atoms with Crippen molar-refractivity contribution in [3.05, 3.63) is 64.9 Å². The van der Waals surface area contributed by atoms with Gasteiger partial charge < -0.3 is 29.9 Å². The molecule has 0 unspecified atom stereocenters. The number of hydrogen-bond acceptors (Lipinski definition) is 10. The Balaban J connectivity index is 1.05. The number of rotatable bonds is 10. The van der Waals surface area contributed by atoms with Crippen molar-refractivity contribution < 1.29 is 24.0 Å². The largest absolute Gasteiger partial charge is 0.489 e. The maximum atomic E-state index is 12.7. The summed E-state index contributed by atoms with van der Waals surface area (Å²) >= 11 is 0. The van der Waals surface area contributed by atoms with E-state index in [1.807, 2.05) is 17.9 Å². The molecule has 41 heavy (non-hydrogen) atoms. The van der Waals surface area contributed by atoms with E-state index >= 15 is 0 Å². The highest BCUT2D eigenvalue weighted by atomic mass is 16.5. The number of nitrogens with one attached hydrogen (secondary N) is 2. The van der Waals surface area contributed by atoms with Crippen LogP contribution in [0, 0.1) is 6.92 Å². The molecule has 1 fully saturated rings. The van der Waals surface area contributed by atoms with E-state index in [2.05, 4.69) is 42.8 Å². The maximum Gasteiger partial charge on any atom is 0.270 e. The molecule has 3 aromatic rings. The fourth-order valence-electron chi connectivity index (χ4n) is 5.22. The molecule has 0 radical (unpaired) electrons. The fraction of sp³-hybridized carbons (Fsp3) is 0.483. The van der Waals surface area contributed by atoms with Gasteiger partial charge >= 0.3 is 0 Å². The van der Waals surface area contributed by atoms with Crippen molar-refractivity contribution in [1.29, 1.82) is 0 Å². The van der Waals surface area contributed by atoms with Crippen LogP contribution in [-0.4, -0.2) is 86.7 Å². The summed E-state index contributed by atoms with van der Waals surface area (Å²) in [5.41, 5.74) is 4.43. The van der Waals surface area contributed by atoms with Gasteiger partial charge in [0.25, 0.3) is 5.91 Å². The first kappa shape index (κ1) is 28.5.